The number of anilines is 3. The number of hydrogen-bond donors (Lipinski definition) is 0. The van der Waals surface area contributed by atoms with Gasteiger partial charge in [0.05, 0.1) is 5.69 Å². The lowest BCUT2D eigenvalue weighted by molar-refractivity contribution is 1.30. The van der Waals surface area contributed by atoms with E-state index in [0.29, 0.717) is 0 Å². The molecule has 0 fully saturated rings. The number of fused-ring (bicyclic) bond motifs is 2. The minimum atomic E-state index is 1.13. The first kappa shape index (κ1) is 23.5. The average Bonchev–Trinajstić information content (AvgIpc) is 3.04. The van der Waals surface area contributed by atoms with Gasteiger partial charge in [-0.1, -0.05) is 133 Å². The van der Waals surface area contributed by atoms with Crippen molar-refractivity contribution in [3.8, 4) is 0 Å². The van der Waals surface area contributed by atoms with Gasteiger partial charge in [0.15, 0.2) is 0 Å². The van der Waals surface area contributed by atoms with Gasteiger partial charge in [-0.25, -0.2) is 0 Å². The molecular weight excluding hydrogens is 494 g/mol. The topological polar surface area (TPSA) is 3.24 Å². The highest BCUT2D eigenvalue weighted by Gasteiger charge is 2.19. The fourth-order valence-corrected chi connectivity index (χ4v) is 6.32. The Balaban J connectivity index is 1.33. The third-order valence-electron chi connectivity index (χ3n) is 8.18. The molecule has 8 rings (SSSR count). The van der Waals surface area contributed by atoms with Crippen LogP contribution in [0, 0.1) is 0 Å². The van der Waals surface area contributed by atoms with Crippen LogP contribution < -0.4 is 4.90 Å². The van der Waals surface area contributed by atoms with E-state index >= 15 is 0 Å². The van der Waals surface area contributed by atoms with Crippen molar-refractivity contribution in [3.63, 3.8) is 0 Å². The Kier molecular flexibility index (Phi) is 5.53. The molecule has 0 spiro atoms. The van der Waals surface area contributed by atoms with Gasteiger partial charge in [0.2, 0.25) is 0 Å². The van der Waals surface area contributed by atoms with Crippen LogP contribution in [-0.2, 0) is 0 Å². The van der Waals surface area contributed by atoms with E-state index in [1.165, 1.54) is 59.9 Å². The molecule has 0 bridgehead atoms. The van der Waals surface area contributed by atoms with Gasteiger partial charge in [0.25, 0.3) is 0 Å². The van der Waals surface area contributed by atoms with Crippen LogP contribution in [0.25, 0.3) is 55.2 Å². The fourth-order valence-electron chi connectivity index (χ4n) is 6.32. The van der Waals surface area contributed by atoms with Crippen LogP contribution >= 0.6 is 0 Å². The zero-order chi connectivity index (χ0) is 27.2. The molecule has 41 heavy (non-hydrogen) atoms. The predicted molar refractivity (Wildman–Crippen MR) is 178 cm³/mol. The zero-order valence-electron chi connectivity index (χ0n) is 22.5. The van der Waals surface area contributed by atoms with E-state index in [-0.39, 0.29) is 0 Å². The summed E-state index contributed by atoms with van der Waals surface area (Å²) >= 11 is 0. The van der Waals surface area contributed by atoms with E-state index in [1.807, 2.05) is 6.07 Å². The molecule has 0 radical (unpaired) electrons. The van der Waals surface area contributed by atoms with Crippen LogP contribution in [0.15, 0.2) is 152 Å². The normalized spacial score (nSPS) is 11.8. The third-order valence-corrected chi connectivity index (χ3v) is 8.18. The Morgan fingerprint density at radius 2 is 0.854 bits per heavy atom. The molecule has 8 aromatic carbocycles. The van der Waals surface area contributed by atoms with Gasteiger partial charge in [-0.3, -0.25) is 0 Å². The van der Waals surface area contributed by atoms with Crippen molar-refractivity contribution in [2.75, 3.05) is 4.90 Å². The lowest BCUT2D eigenvalue weighted by atomic mass is 9.89. The zero-order valence-corrected chi connectivity index (χ0v) is 22.5. The lowest BCUT2D eigenvalue weighted by Crippen LogP contribution is -2.10. The van der Waals surface area contributed by atoms with Crippen molar-refractivity contribution in [1.29, 1.82) is 0 Å². The largest absolute Gasteiger partial charge is 0.310 e. The van der Waals surface area contributed by atoms with Crippen LogP contribution in [-0.4, -0.2) is 0 Å². The molecule has 0 aliphatic rings. The quantitative estimate of drug-likeness (QED) is 0.124. The van der Waals surface area contributed by atoms with E-state index in [2.05, 4.69) is 163 Å². The standard InChI is InChI=1S/C40H27N/c1-3-10-28(11-4-1)20-21-29-22-24-32(25-23-29)41(31-14-5-2-6-15-31)38-27-26-36-34-17-8-13-30-12-7-16-33(39(30)34)35-18-9-19-37(38)40(35)36/h1-27H. The highest BCUT2D eigenvalue weighted by Crippen LogP contribution is 2.45. The van der Waals surface area contributed by atoms with Gasteiger partial charge < -0.3 is 4.90 Å². The molecule has 0 unspecified atom stereocenters. The second-order valence-electron chi connectivity index (χ2n) is 10.6. The number of rotatable bonds is 5. The summed E-state index contributed by atoms with van der Waals surface area (Å²) in [6.07, 6.45) is 4.33. The Bertz CT molecular complexity index is 2130. The average molecular weight is 522 g/mol. The van der Waals surface area contributed by atoms with E-state index in [1.54, 1.807) is 0 Å². The SMILES string of the molecule is C(=Cc1ccc(N(c2ccccc2)c2ccc3c4cccc5cccc(c6cccc2c63)c54)cc1)c1ccccc1. The summed E-state index contributed by atoms with van der Waals surface area (Å²) in [6, 6.07) is 54.7. The van der Waals surface area contributed by atoms with Crippen LogP contribution in [0.1, 0.15) is 11.1 Å². The monoisotopic (exact) mass is 521 g/mol. The summed E-state index contributed by atoms with van der Waals surface area (Å²) < 4.78 is 0. The molecule has 1 heteroatoms. The number of hydrogen-bond acceptors (Lipinski definition) is 1. The molecule has 0 heterocycles. The molecule has 1 nitrogen and oxygen atoms in total. The molecule has 8 aromatic rings. The van der Waals surface area contributed by atoms with Crippen molar-refractivity contribution in [1.82, 2.24) is 0 Å². The van der Waals surface area contributed by atoms with Crippen LogP contribution in [0.4, 0.5) is 17.1 Å². The Hall–Kier alpha value is -5.40. The Labute approximate surface area is 239 Å². The van der Waals surface area contributed by atoms with Crippen molar-refractivity contribution in [2.45, 2.75) is 0 Å². The molecule has 0 amide bonds. The van der Waals surface area contributed by atoms with Crippen LogP contribution in [0.5, 0.6) is 0 Å². The number of nitrogens with zero attached hydrogens (tertiary/aromatic N) is 1. The molecule has 192 valence electrons. The summed E-state index contributed by atoms with van der Waals surface area (Å²) in [5.41, 5.74) is 5.82. The third kappa shape index (κ3) is 3.94. The molecule has 0 N–H and O–H groups in total. The highest BCUT2D eigenvalue weighted by atomic mass is 15.1. The van der Waals surface area contributed by atoms with Crippen molar-refractivity contribution < 1.29 is 0 Å². The maximum atomic E-state index is 2.38. The van der Waals surface area contributed by atoms with Crippen molar-refractivity contribution in [2.24, 2.45) is 0 Å². The van der Waals surface area contributed by atoms with Crippen LogP contribution in [0.2, 0.25) is 0 Å². The van der Waals surface area contributed by atoms with E-state index in [4.69, 9.17) is 0 Å². The second-order valence-corrected chi connectivity index (χ2v) is 10.6. The number of benzene rings is 8. The molecule has 0 aliphatic heterocycles. The molecule has 0 saturated heterocycles. The highest BCUT2D eigenvalue weighted by molar-refractivity contribution is 6.34. The summed E-state index contributed by atoms with van der Waals surface area (Å²) in [4.78, 5) is 2.38. The first-order chi connectivity index (χ1) is 20.3. The van der Waals surface area contributed by atoms with Gasteiger partial charge in [-0.05, 0) is 79.2 Å². The molecule has 0 aromatic heterocycles. The first-order valence-corrected chi connectivity index (χ1v) is 14.1. The number of para-hydroxylation sites is 1. The van der Waals surface area contributed by atoms with Gasteiger partial charge in [-0.15, -0.1) is 0 Å². The van der Waals surface area contributed by atoms with E-state index in [9.17, 15) is 0 Å². The molecular formula is C40H27N. The van der Waals surface area contributed by atoms with Crippen molar-refractivity contribution >= 4 is 72.3 Å². The lowest BCUT2D eigenvalue weighted by Gasteiger charge is -2.28. The summed E-state index contributed by atoms with van der Waals surface area (Å²) in [5, 5.41) is 10.4. The maximum absolute atomic E-state index is 2.38. The fraction of sp³-hybridized carbons (Fsp3) is 0. The van der Waals surface area contributed by atoms with Crippen LogP contribution in [0.3, 0.4) is 0 Å². The second kappa shape index (κ2) is 9.66. The Morgan fingerprint density at radius 1 is 0.341 bits per heavy atom. The van der Waals surface area contributed by atoms with Gasteiger partial charge >= 0.3 is 0 Å². The van der Waals surface area contributed by atoms with E-state index < -0.39 is 0 Å². The molecule has 0 saturated carbocycles. The van der Waals surface area contributed by atoms with Crippen molar-refractivity contribution in [3.05, 3.63) is 163 Å². The predicted octanol–water partition coefficient (Wildman–Crippen LogP) is 11.4. The minimum Gasteiger partial charge on any atom is -0.310 e. The summed E-state index contributed by atoms with van der Waals surface area (Å²) in [5.74, 6) is 0. The molecule has 0 aliphatic carbocycles. The minimum absolute atomic E-state index is 1.13. The first-order valence-electron chi connectivity index (χ1n) is 14.1. The van der Waals surface area contributed by atoms with Gasteiger partial charge in [0, 0.05) is 16.8 Å². The van der Waals surface area contributed by atoms with E-state index in [0.717, 1.165) is 11.4 Å². The van der Waals surface area contributed by atoms with Gasteiger partial charge in [0.1, 0.15) is 0 Å². The maximum Gasteiger partial charge on any atom is 0.0540 e. The molecule has 0 atom stereocenters. The van der Waals surface area contributed by atoms with Gasteiger partial charge in [-0.2, -0.15) is 0 Å². The Morgan fingerprint density at radius 3 is 1.54 bits per heavy atom. The summed E-state index contributed by atoms with van der Waals surface area (Å²) in [6.45, 7) is 0. The smallest absolute Gasteiger partial charge is 0.0540 e. The summed E-state index contributed by atoms with van der Waals surface area (Å²) in [7, 11) is 0.